The number of Topliss-reactive ketones (excluding diaryl/α,β-unsaturated/α-hetero) is 1. The van der Waals surface area contributed by atoms with Crippen LogP contribution in [0.4, 0.5) is 0 Å². The summed E-state index contributed by atoms with van der Waals surface area (Å²) < 4.78 is 1.37. The van der Waals surface area contributed by atoms with Crippen molar-refractivity contribution in [1.29, 1.82) is 0 Å². The molecule has 0 spiro atoms. The van der Waals surface area contributed by atoms with Gasteiger partial charge in [0, 0.05) is 0 Å². The molecular formula is C18H22OSe. The van der Waals surface area contributed by atoms with Crippen molar-refractivity contribution in [1.82, 2.24) is 0 Å². The molecule has 1 aromatic carbocycles. The van der Waals surface area contributed by atoms with E-state index in [4.69, 9.17) is 0 Å². The average Bonchev–Trinajstić information content (AvgIpc) is 2.44. The summed E-state index contributed by atoms with van der Waals surface area (Å²) in [7, 11) is 0. The minimum absolute atomic E-state index is 0.116. The molecule has 20 heavy (non-hydrogen) atoms. The van der Waals surface area contributed by atoms with Gasteiger partial charge in [-0.05, 0) is 0 Å². The predicted octanol–water partition coefficient (Wildman–Crippen LogP) is 3.22. The number of carbonyl (C=O) groups is 1. The van der Waals surface area contributed by atoms with Gasteiger partial charge in [-0.3, -0.25) is 0 Å². The van der Waals surface area contributed by atoms with Crippen LogP contribution in [0.2, 0.25) is 5.32 Å². The summed E-state index contributed by atoms with van der Waals surface area (Å²) in [5, 5.41) is 0.823. The fraction of sp³-hybridized carbons (Fsp3) is 0.611. The summed E-state index contributed by atoms with van der Waals surface area (Å²) in [5.41, 5.74) is 0.116. The Morgan fingerprint density at radius 2 is 1.55 bits per heavy atom. The van der Waals surface area contributed by atoms with Crippen LogP contribution >= 0.6 is 0 Å². The average molecular weight is 333 g/mol. The molecule has 4 aliphatic rings. The van der Waals surface area contributed by atoms with E-state index < -0.39 is 0 Å². The first-order valence-corrected chi connectivity index (χ1v) is 10.0. The van der Waals surface area contributed by atoms with Gasteiger partial charge in [-0.2, -0.15) is 0 Å². The molecule has 0 aromatic heterocycles. The molecule has 0 atom stereocenters. The molecule has 5 rings (SSSR count). The maximum absolute atomic E-state index is 12.9. The fourth-order valence-electron chi connectivity index (χ4n) is 5.27. The third kappa shape index (κ3) is 2.27. The van der Waals surface area contributed by atoms with E-state index in [0.29, 0.717) is 20.7 Å². The molecular weight excluding hydrogens is 311 g/mol. The summed E-state index contributed by atoms with van der Waals surface area (Å²) in [6.07, 6.45) is 7.96. The van der Waals surface area contributed by atoms with Crippen LogP contribution in [0.25, 0.3) is 0 Å². The van der Waals surface area contributed by atoms with Gasteiger partial charge >= 0.3 is 127 Å². The number of ketones is 1. The Morgan fingerprint density at radius 1 is 1.00 bits per heavy atom. The number of hydrogen-bond donors (Lipinski definition) is 0. The van der Waals surface area contributed by atoms with Gasteiger partial charge in [0.15, 0.2) is 0 Å². The van der Waals surface area contributed by atoms with Gasteiger partial charge in [0.1, 0.15) is 0 Å². The van der Waals surface area contributed by atoms with Crippen LogP contribution in [0.3, 0.4) is 0 Å². The second-order valence-electron chi connectivity index (χ2n) is 7.22. The second kappa shape index (κ2) is 5.00. The van der Waals surface area contributed by atoms with E-state index in [1.807, 2.05) is 0 Å². The van der Waals surface area contributed by atoms with Crippen molar-refractivity contribution in [3.05, 3.63) is 30.3 Å². The van der Waals surface area contributed by atoms with E-state index in [0.717, 1.165) is 23.1 Å². The maximum atomic E-state index is 12.9. The van der Waals surface area contributed by atoms with Gasteiger partial charge in [-0.1, -0.05) is 0 Å². The molecule has 0 amide bonds. The van der Waals surface area contributed by atoms with Crippen molar-refractivity contribution < 1.29 is 4.79 Å². The zero-order valence-electron chi connectivity index (χ0n) is 11.9. The predicted molar refractivity (Wildman–Crippen MR) is 82.2 cm³/mol. The molecule has 1 aromatic rings. The molecule has 4 saturated carbocycles. The van der Waals surface area contributed by atoms with Crippen molar-refractivity contribution in [3.8, 4) is 0 Å². The molecule has 4 fully saturated rings. The third-order valence-corrected chi connectivity index (χ3v) is 7.87. The topological polar surface area (TPSA) is 17.1 Å². The number of rotatable bonds is 4. The molecule has 2 heteroatoms. The van der Waals surface area contributed by atoms with Crippen molar-refractivity contribution in [2.24, 2.45) is 23.2 Å². The number of carbonyl (C=O) groups excluding carboxylic acids is 1. The van der Waals surface area contributed by atoms with Gasteiger partial charge in [0.2, 0.25) is 0 Å². The van der Waals surface area contributed by atoms with Gasteiger partial charge in [-0.15, -0.1) is 0 Å². The quantitative estimate of drug-likeness (QED) is 0.773. The first-order valence-electron chi connectivity index (χ1n) is 7.95. The minimum atomic E-state index is 0.116. The van der Waals surface area contributed by atoms with Crippen molar-refractivity contribution >= 4 is 25.2 Å². The van der Waals surface area contributed by atoms with Crippen LogP contribution in [0, 0.1) is 23.2 Å². The van der Waals surface area contributed by atoms with Gasteiger partial charge < -0.3 is 0 Å². The van der Waals surface area contributed by atoms with Crippen LogP contribution in [-0.4, -0.2) is 20.7 Å². The third-order valence-electron chi connectivity index (χ3n) is 5.74. The summed E-state index contributed by atoms with van der Waals surface area (Å²) in [6.45, 7) is 0. The molecule has 0 unspecified atom stereocenters. The molecule has 4 aliphatic carbocycles. The number of benzene rings is 1. The molecule has 106 valence electrons. The van der Waals surface area contributed by atoms with Crippen molar-refractivity contribution in [2.45, 2.75) is 43.8 Å². The zero-order chi connectivity index (χ0) is 13.6. The molecule has 0 saturated heterocycles. The Bertz CT molecular complexity index is 472. The van der Waals surface area contributed by atoms with Gasteiger partial charge in [0.25, 0.3) is 0 Å². The van der Waals surface area contributed by atoms with E-state index in [1.165, 1.54) is 43.0 Å². The van der Waals surface area contributed by atoms with Crippen LogP contribution in [-0.2, 0) is 4.79 Å². The normalized spacial score (nSPS) is 38.1. The summed E-state index contributed by atoms with van der Waals surface area (Å²) in [5.74, 6) is 3.26. The van der Waals surface area contributed by atoms with Crippen molar-refractivity contribution in [2.75, 3.05) is 0 Å². The fourth-order valence-corrected chi connectivity index (χ4v) is 7.27. The second-order valence-corrected chi connectivity index (χ2v) is 9.42. The van der Waals surface area contributed by atoms with E-state index in [2.05, 4.69) is 30.3 Å². The molecule has 4 bridgehead atoms. The molecule has 1 nitrogen and oxygen atoms in total. The summed E-state index contributed by atoms with van der Waals surface area (Å²) in [6, 6.07) is 10.6. The van der Waals surface area contributed by atoms with Gasteiger partial charge in [-0.25, -0.2) is 0 Å². The molecule has 0 aliphatic heterocycles. The van der Waals surface area contributed by atoms with Crippen molar-refractivity contribution in [3.63, 3.8) is 0 Å². The Hall–Kier alpha value is -0.591. The molecule has 0 N–H and O–H groups in total. The van der Waals surface area contributed by atoms with Gasteiger partial charge in [0.05, 0.1) is 0 Å². The Labute approximate surface area is 127 Å². The van der Waals surface area contributed by atoms with E-state index in [1.54, 1.807) is 0 Å². The standard InChI is InChI=1S/C18H22OSe/c19-17(12-20-16-4-2-1-3-5-16)18-9-13-6-14(10-18)8-15(7-13)11-18/h1-5,13-15H,6-12H2. The monoisotopic (exact) mass is 334 g/mol. The zero-order valence-corrected chi connectivity index (χ0v) is 13.6. The Kier molecular flexibility index (Phi) is 3.27. The van der Waals surface area contributed by atoms with Crippen LogP contribution in [0.15, 0.2) is 30.3 Å². The Balaban J connectivity index is 1.46. The van der Waals surface area contributed by atoms with E-state index in [9.17, 15) is 4.79 Å². The Morgan fingerprint density at radius 3 is 2.10 bits per heavy atom. The van der Waals surface area contributed by atoms with Crippen LogP contribution < -0.4 is 4.46 Å². The molecule has 0 radical (unpaired) electrons. The van der Waals surface area contributed by atoms with Crippen LogP contribution in [0.1, 0.15) is 38.5 Å². The van der Waals surface area contributed by atoms with Crippen LogP contribution in [0.5, 0.6) is 0 Å². The molecule has 0 heterocycles. The van der Waals surface area contributed by atoms with E-state index >= 15 is 0 Å². The first-order chi connectivity index (χ1) is 9.73. The van der Waals surface area contributed by atoms with E-state index in [-0.39, 0.29) is 5.41 Å². The SMILES string of the molecule is O=C(C[Se]c1ccccc1)C12CC3CC(CC(C3)C1)C2. The number of hydrogen-bond acceptors (Lipinski definition) is 1. The summed E-state index contributed by atoms with van der Waals surface area (Å²) >= 11 is 0.335. The first kappa shape index (κ1) is 13.1. The summed E-state index contributed by atoms with van der Waals surface area (Å²) in [4.78, 5) is 12.9.